The minimum absolute atomic E-state index is 0.00708. The molecule has 0 saturated heterocycles. The van der Waals surface area contributed by atoms with Gasteiger partial charge in [-0.3, -0.25) is 9.59 Å². The number of benzene rings is 1. The predicted molar refractivity (Wildman–Crippen MR) is 59.8 cm³/mol. The zero-order valence-electron chi connectivity index (χ0n) is 9.43. The summed E-state index contributed by atoms with van der Waals surface area (Å²) in [6.07, 6.45) is 0.841. The largest absolute Gasteiger partial charge is 0.345 e. The first-order valence-electron chi connectivity index (χ1n) is 5.14. The van der Waals surface area contributed by atoms with Gasteiger partial charge in [-0.1, -0.05) is 6.07 Å². The van der Waals surface area contributed by atoms with Gasteiger partial charge in [0, 0.05) is 32.7 Å². The Hall–Kier alpha value is -1.84. The summed E-state index contributed by atoms with van der Waals surface area (Å²) in [5, 5.41) is 0. The van der Waals surface area contributed by atoms with E-state index in [4.69, 9.17) is 0 Å². The van der Waals surface area contributed by atoms with Gasteiger partial charge < -0.3 is 9.80 Å². The molecular weight excluding hydrogens is 204 g/mol. The van der Waals surface area contributed by atoms with E-state index in [-0.39, 0.29) is 5.91 Å². The fraction of sp³-hybridized carbons (Fsp3) is 0.333. The molecule has 0 aromatic heterocycles. The molecule has 1 aromatic carbocycles. The molecule has 16 heavy (non-hydrogen) atoms. The molecule has 4 nitrogen and oxygen atoms in total. The second kappa shape index (κ2) is 3.96. The molecule has 0 radical (unpaired) electrons. The van der Waals surface area contributed by atoms with Crippen LogP contribution in [0.25, 0.3) is 0 Å². The lowest BCUT2D eigenvalue weighted by Gasteiger charge is -2.10. The van der Waals surface area contributed by atoms with E-state index in [0.717, 1.165) is 17.5 Å². The van der Waals surface area contributed by atoms with Crippen LogP contribution in [0.1, 0.15) is 21.5 Å². The van der Waals surface area contributed by atoms with E-state index in [9.17, 15) is 9.59 Å². The highest BCUT2D eigenvalue weighted by molar-refractivity contribution is 5.94. The van der Waals surface area contributed by atoms with Crippen molar-refractivity contribution in [1.29, 1.82) is 0 Å². The molecule has 1 aliphatic rings. The molecule has 4 heteroatoms. The highest BCUT2D eigenvalue weighted by Crippen LogP contribution is 2.22. The van der Waals surface area contributed by atoms with Crippen LogP contribution >= 0.6 is 0 Å². The maximum Gasteiger partial charge on any atom is 0.253 e. The third kappa shape index (κ3) is 1.78. The molecule has 0 fully saturated rings. The molecule has 1 heterocycles. The second-order valence-corrected chi connectivity index (χ2v) is 4.19. The molecule has 0 spiro atoms. The quantitative estimate of drug-likeness (QED) is 0.691. The molecule has 0 bridgehead atoms. The van der Waals surface area contributed by atoms with Crippen molar-refractivity contribution in [2.45, 2.75) is 13.1 Å². The second-order valence-electron chi connectivity index (χ2n) is 4.19. The molecular formula is C12H14N2O2. The van der Waals surface area contributed by atoms with Gasteiger partial charge >= 0.3 is 0 Å². The van der Waals surface area contributed by atoms with Crippen LogP contribution < -0.4 is 0 Å². The Kier molecular flexibility index (Phi) is 2.64. The summed E-state index contributed by atoms with van der Waals surface area (Å²) >= 11 is 0. The molecule has 0 atom stereocenters. The van der Waals surface area contributed by atoms with Crippen molar-refractivity contribution >= 4 is 12.3 Å². The number of nitrogens with zero attached hydrogens (tertiary/aromatic N) is 2. The van der Waals surface area contributed by atoms with Gasteiger partial charge in [-0.25, -0.2) is 0 Å². The number of amides is 2. The predicted octanol–water partition coefficient (Wildman–Crippen LogP) is 0.860. The Balaban J connectivity index is 2.29. The highest BCUT2D eigenvalue weighted by atomic mass is 16.2. The summed E-state index contributed by atoms with van der Waals surface area (Å²) in [6.45, 7) is 1.25. The van der Waals surface area contributed by atoms with Gasteiger partial charge in [-0.05, 0) is 23.3 Å². The zero-order valence-corrected chi connectivity index (χ0v) is 9.43. The minimum Gasteiger partial charge on any atom is -0.345 e. The van der Waals surface area contributed by atoms with Crippen LogP contribution in [0.2, 0.25) is 0 Å². The van der Waals surface area contributed by atoms with Crippen LogP contribution in [0.5, 0.6) is 0 Å². The Morgan fingerprint density at radius 1 is 1.31 bits per heavy atom. The van der Waals surface area contributed by atoms with Crippen molar-refractivity contribution in [2.75, 3.05) is 14.1 Å². The summed E-state index contributed by atoms with van der Waals surface area (Å²) in [6, 6.07) is 5.62. The van der Waals surface area contributed by atoms with Crippen LogP contribution in [0, 0.1) is 0 Å². The Labute approximate surface area is 94.5 Å². The Morgan fingerprint density at radius 2 is 2.00 bits per heavy atom. The van der Waals surface area contributed by atoms with Crippen LogP contribution in [0.15, 0.2) is 18.2 Å². The van der Waals surface area contributed by atoms with E-state index in [0.29, 0.717) is 18.7 Å². The van der Waals surface area contributed by atoms with Crippen LogP contribution in [0.4, 0.5) is 0 Å². The van der Waals surface area contributed by atoms with Crippen molar-refractivity contribution in [1.82, 2.24) is 9.80 Å². The summed E-state index contributed by atoms with van der Waals surface area (Å²) in [7, 11) is 3.46. The molecule has 0 saturated carbocycles. The third-order valence-corrected chi connectivity index (χ3v) is 2.76. The maximum atomic E-state index is 11.7. The number of rotatable bonds is 2. The van der Waals surface area contributed by atoms with E-state index in [1.54, 1.807) is 23.9 Å². The minimum atomic E-state index is -0.00708. The van der Waals surface area contributed by atoms with Crippen LogP contribution in [-0.4, -0.2) is 36.2 Å². The number of carbonyl (C=O) groups excluding carboxylic acids is 2. The Bertz CT molecular complexity index is 441. The van der Waals surface area contributed by atoms with Gasteiger partial charge in [-0.15, -0.1) is 0 Å². The van der Waals surface area contributed by atoms with Crippen molar-refractivity contribution in [3.05, 3.63) is 34.9 Å². The molecule has 2 amide bonds. The summed E-state index contributed by atoms with van der Waals surface area (Å²) in [5.41, 5.74) is 2.87. The van der Waals surface area contributed by atoms with Crippen molar-refractivity contribution in [3.63, 3.8) is 0 Å². The van der Waals surface area contributed by atoms with Gasteiger partial charge in [0.25, 0.3) is 5.91 Å². The number of carbonyl (C=O) groups is 2. The van der Waals surface area contributed by atoms with Crippen molar-refractivity contribution in [2.24, 2.45) is 0 Å². The monoisotopic (exact) mass is 218 g/mol. The van der Waals surface area contributed by atoms with Gasteiger partial charge in [-0.2, -0.15) is 0 Å². The lowest BCUT2D eigenvalue weighted by molar-refractivity contribution is -0.118. The lowest BCUT2D eigenvalue weighted by Crippen LogP contribution is -2.21. The average Bonchev–Trinajstić information content (AvgIpc) is 2.69. The number of hydrogen-bond donors (Lipinski definition) is 0. The normalized spacial score (nSPS) is 13.5. The average molecular weight is 218 g/mol. The first kappa shape index (κ1) is 10.7. The Morgan fingerprint density at radius 3 is 2.62 bits per heavy atom. The van der Waals surface area contributed by atoms with Gasteiger partial charge in [0.05, 0.1) is 0 Å². The van der Waals surface area contributed by atoms with Gasteiger partial charge in [0.1, 0.15) is 0 Å². The van der Waals surface area contributed by atoms with Crippen LogP contribution in [0.3, 0.4) is 0 Å². The van der Waals surface area contributed by atoms with E-state index >= 15 is 0 Å². The van der Waals surface area contributed by atoms with E-state index in [1.165, 1.54) is 0 Å². The lowest BCUT2D eigenvalue weighted by atomic mass is 10.1. The molecule has 0 N–H and O–H groups in total. The molecule has 84 valence electrons. The van der Waals surface area contributed by atoms with Crippen molar-refractivity contribution < 1.29 is 9.59 Å². The van der Waals surface area contributed by atoms with E-state index in [1.807, 2.05) is 18.2 Å². The van der Waals surface area contributed by atoms with E-state index in [2.05, 4.69) is 0 Å². The third-order valence-electron chi connectivity index (χ3n) is 2.76. The highest BCUT2D eigenvalue weighted by Gasteiger charge is 2.19. The SMILES string of the molecule is CN(C)C(=O)c1ccc2c(c1)CN(C=O)C2. The fourth-order valence-electron chi connectivity index (χ4n) is 1.89. The molecule has 1 aliphatic heterocycles. The molecule has 0 aliphatic carbocycles. The molecule has 1 aromatic rings. The standard InChI is InChI=1S/C12H14N2O2/c1-13(2)12(16)9-3-4-10-6-14(8-15)7-11(10)5-9/h3-5,8H,6-7H2,1-2H3. The maximum absolute atomic E-state index is 11.7. The first-order valence-corrected chi connectivity index (χ1v) is 5.14. The van der Waals surface area contributed by atoms with E-state index < -0.39 is 0 Å². The van der Waals surface area contributed by atoms with Crippen LogP contribution in [-0.2, 0) is 17.9 Å². The van der Waals surface area contributed by atoms with Crippen molar-refractivity contribution in [3.8, 4) is 0 Å². The van der Waals surface area contributed by atoms with Gasteiger partial charge in [0.15, 0.2) is 0 Å². The molecule has 0 unspecified atom stereocenters. The fourth-order valence-corrected chi connectivity index (χ4v) is 1.89. The summed E-state index contributed by atoms with van der Waals surface area (Å²) in [4.78, 5) is 25.6. The van der Waals surface area contributed by atoms with Gasteiger partial charge in [0.2, 0.25) is 6.41 Å². The smallest absolute Gasteiger partial charge is 0.253 e. The number of hydrogen-bond acceptors (Lipinski definition) is 2. The number of fused-ring (bicyclic) bond motifs is 1. The first-order chi connectivity index (χ1) is 7.61. The summed E-state index contributed by atoms with van der Waals surface area (Å²) < 4.78 is 0. The zero-order chi connectivity index (χ0) is 11.7. The molecule has 2 rings (SSSR count). The summed E-state index contributed by atoms with van der Waals surface area (Å²) in [5.74, 6) is -0.00708. The topological polar surface area (TPSA) is 40.6 Å².